The first-order valence-electron chi connectivity index (χ1n) is 5.72. The summed E-state index contributed by atoms with van der Waals surface area (Å²) in [6, 6.07) is -0.0644. The Morgan fingerprint density at radius 2 is 2.00 bits per heavy atom. The third-order valence-corrected chi connectivity index (χ3v) is 5.00. The molecule has 98 valence electrons. The third kappa shape index (κ3) is 2.46. The Morgan fingerprint density at radius 3 is 2.47 bits per heavy atom. The summed E-state index contributed by atoms with van der Waals surface area (Å²) in [5.41, 5.74) is -0.394. The molecule has 0 aliphatic carbocycles. The number of amides is 1. The number of hydrogen-bond acceptors (Lipinski definition) is 4. The molecule has 0 aromatic rings. The fourth-order valence-electron chi connectivity index (χ4n) is 2.52. The molecule has 2 saturated heterocycles. The van der Waals surface area contributed by atoms with Gasteiger partial charge in [-0.15, -0.1) is 0 Å². The highest BCUT2D eigenvalue weighted by Gasteiger charge is 2.45. The zero-order valence-electron chi connectivity index (χ0n) is 10.1. The maximum absolute atomic E-state index is 11.4. The Kier molecular flexibility index (Phi) is 3.17. The van der Waals surface area contributed by atoms with Crippen molar-refractivity contribution in [1.29, 1.82) is 0 Å². The lowest BCUT2D eigenvalue weighted by Crippen LogP contribution is -2.62. The minimum atomic E-state index is -3.12. The van der Waals surface area contributed by atoms with E-state index in [1.165, 1.54) is 10.6 Å². The van der Waals surface area contributed by atoms with Crippen molar-refractivity contribution in [3.8, 4) is 0 Å². The lowest BCUT2D eigenvalue weighted by molar-refractivity contribution is -0.157. The minimum absolute atomic E-state index is 0.0644. The van der Waals surface area contributed by atoms with Gasteiger partial charge in [0.1, 0.15) is 6.61 Å². The molecular weight excluding hydrogens is 244 g/mol. The highest BCUT2D eigenvalue weighted by atomic mass is 32.2. The highest BCUT2D eigenvalue weighted by Crippen LogP contribution is 2.32. The van der Waals surface area contributed by atoms with E-state index in [0.717, 1.165) is 0 Å². The lowest BCUT2D eigenvalue weighted by atomic mass is 9.84. The molecule has 2 aliphatic heterocycles. The van der Waals surface area contributed by atoms with Crippen LogP contribution in [0.5, 0.6) is 0 Å². The molecule has 1 amide bonds. The van der Waals surface area contributed by atoms with Gasteiger partial charge in [-0.2, -0.15) is 0 Å². The van der Waals surface area contributed by atoms with Crippen molar-refractivity contribution in [1.82, 2.24) is 9.62 Å². The van der Waals surface area contributed by atoms with Crippen molar-refractivity contribution in [2.75, 3.05) is 26.0 Å². The number of morpholine rings is 1. The maximum atomic E-state index is 11.4. The number of hydrogen-bond donors (Lipinski definition) is 1. The van der Waals surface area contributed by atoms with Gasteiger partial charge in [-0.25, -0.2) is 12.7 Å². The van der Waals surface area contributed by atoms with Crippen LogP contribution in [0.1, 0.15) is 19.8 Å². The van der Waals surface area contributed by atoms with Gasteiger partial charge in [0, 0.05) is 13.1 Å². The van der Waals surface area contributed by atoms with E-state index >= 15 is 0 Å². The molecule has 0 bridgehead atoms. The molecule has 0 aromatic heterocycles. The number of piperidine rings is 1. The van der Waals surface area contributed by atoms with Crippen molar-refractivity contribution in [2.24, 2.45) is 0 Å². The molecule has 0 saturated carbocycles. The molecule has 2 rings (SSSR count). The Labute approximate surface area is 101 Å². The second-order valence-electron chi connectivity index (χ2n) is 4.80. The average molecular weight is 262 g/mol. The van der Waals surface area contributed by atoms with Gasteiger partial charge in [-0.05, 0) is 19.8 Å². The van der Waals surface area contributed by atoms with Crippen molar-refractivity contribution >= 4 is 15.9 Å². The Hall–Kier alpha value is -0.660. The predicted octanol–water partition coefficient (Wildman–Crippen LogP) is -0.684. The molecule has 1 atom stereocenters. The summed E-state index contributed by atoms with van der Waals surface area (Å²) in [5, 5.41) is 2.86. The third-order valence-electron chi connectivity index (χ3n) is 3.70. The van der Waals surface area contributed by atoms with E-state index in [0.29, 0.717) is 25.9 Å². The summed E-state index contributed by atoms with van der Waals surface area (Å²) in [6.07, 6.45) is 2.47. The molecule has 2 heterocycles. The van der Waals surface area contributed by atoms with Crippen LogP contribution in [0, 0.1) is 0 Å². The number of sulfonamides is 1. The average Bonchev–Trinajstić information content (AvgIpc) is 2.24. The molecule has 17 heavy (non-hydrogen) atoms. The Balaban J connectivity index is 2.05. The van der Waals surface area contributed by atoms with Gasteiger partial charge in [0.15, 0.2) is 0 Å². The van der Waals surface area contributed by atoms with Crippen LogP contribution in [0.15, 0.2) is 0 Å². The fourth-order valence-corrected chi connectivity index (χ4v) is 3.37. The first kappa shape index (κ1) is 12.8. The summed E-state index contributed by atoms with van der Waals surface area (Å²) in [4.78, 5) is 11.2. The Morgan fingerprint density at radius 1 is 1.41 bits per heavy atom. The summed E-state index contributed by atoms with van der Waals surface area (Å²) >= 11 is 0. The summed E-state index contributed by atoms with van der Waals surface area (Å²) < 4.78 is 29.9. The van der Waals surface area contributed by atoms with E-state index in [9.17, 15) is 13.2 Å². The highest BCUT2D eigenvalue weighted by molar-refractivity contribution is 7.88. The largest absolute Gasteiger partial charge is 0.363 e. The number of rotatable bonds is 1. The molecule has 1 spiro atoms. The molecule has 0 aromatic carbocycles. The van der Waals surface area contributed by atoms with E-state index in [1.807, 2.05) is 6.92 Å². The van der Waals surface area contributed by atoms with Crippen LogP contribution in [-0.4, -0.2) is 56.2 Å². The second kappa shape index (κ2) is 4.22. The van der Waals surface area contributed by atoms with E-state index in [4.69, 9.17) is 4.74 Å². The van der Waals surface area contributed by atoms with E-state index in [-0.39, 0.29) is 18.6 Å². The number of carbonyl (C=O) groups is 1. The van der Waals surface area contributed by atoms with E-state index in [2.05, 4.69) is 5.32 Å². The van der Waals surface area contributed by atoms with Crippen LogP contribution in [0.4, 0.5) is 0 Å². The van der Waals surface area contributed by atoms with Gasteiger partial charge in [-0.1, -0.05) is 0 Å². The van der Waals surface area contributed by atoms with Gasteiger partial charge in [0.05, 0.1) is 17.9 Å². The van der Waals surface area contributed by atoms with Crippen molar-refractivity contribution < 1.29 is 17.9 Å². The molecule has 2 aliphatic rings. The molecule has 1 N–H and O–H groups in total. The smallest absolute Gasteiger partial charge is 0.246 e. The summed E-state index contributed by atoms with van der Waals surface area (Å²) in [6.45, 7) is 2.90. The monoisotopic (exact) mass is 262 g/mol. The zero-order valence-corrected chi connectivity index (χ0v) is 10.9. The fraction of sp³-hybridized carbons (Fsp3) is 0.900. The molecule has 0 unspecified atom stereocenters. The molecule has 0 radical (unpaired) electrons. The van der Waals surface area contributed by atoms with Crippen LogP contribution in [0.3, 0.4) is 0 Å². The van der Waals surface area contributed by atoms with Gasteiger partial charge in [0.2, 0.25) is 15.9 Å². The number of ether oxygens (including phenoxy) is 1. The van der Waals surface area contributed by atoms with E-state index in [1.54, 1.807) is 0 Å². The standard InChI is InChI=1S/C10H18N2O4S/c1-8-10(16-7-9(13)11-8)3-5-12(6-4-10)17(2,14)15/h8H,3-7H2,1-2H3,(H,11,13)/t8-/m0/s1. The van der Waals surface area contributed by atoms with Crippen LogP contribution >= 0.6 is 0 Å². The van der Waals surface area contributed by atoms with Gasteiger partial charge >= 0.3 is 0 Å². The topological polar surface area (TPSA) is 75.7 Å². The quantitative estimate of drug-likeness (QED) is 0.679. The molecule has 2 fully saturated rings. The lowest BCUT2D eigenvalue weighted by Gasteiger charge is -2.46. The van der Waals surface area contributed by atoms with Gasteiger partial charge in [0.25, 0.3) is 0 Å². The van der Waals surface area contributed by atoms with Crippen LogP contribution in [-0.2, 0) is 19.6 Å². The van der Waals surface area contributed by atoms with Crippen molar-refractivity contribution in [2.45, 2.75) is 31.4 Å². The maximum Gasteiger partial charge on any atom is 0.246 e. The van der Waals surface area contributed by atoms with Crippen LogP contribution < -0.4 is 5.32 Å². The minimum Gasteiger partial charge on any atom is -0.363 e. The predicted molar refractivity (Wildman–Crippen MR) is 61.9 cm³/mol. The summed E-state index contributed by atoms with van der Waals surface area (Å²) in [7, 11) is -3.12. The van der Waals surface area contributed by atoms with Crippen LogP contribution in [0.2, 0.25) is 0 Å². The van der Waals surface area contributed by atoms with Gasteiger partial charge in [-0.3, -0.25) is 4.79 Å². The van der Waals surface area contributed by atoms with Crippen molar-refractivity contribution in [3.05, 3.63) is 0 Å². The number of carbonyl (C=O) groups excluding carboxylic acids is 1. The SMILES string of the molecule is C[C@@H]1NC(=O)COC12CCN(S(C)(=O)=O)CC2. The second-order valence-corrected chi connectivity index (χ2v) is 6.79. The normalized spacial score (nSPS) is 30.2. The molecule has 7 heteroatoms. The Bertz CT molecular complexity index is 412. The number of nitrogens with zero attached hydrogens (tertiary/aromatic N) is 1. The van der Waals surface area contributed by atoms with Crippen molar-refractivity contribution in [3.63, 3.8) is 0 Å². The zero-order chi connectivity index (χ0) is 12.7. The first-order valence-corrected chi connectivity index (χ1v) is 7.57. The van der Waals surface area contributed by atoms with Crippen LogP contribution in [0.25, 0.3) is 0 Å². The van der Waals surface area contributed by atoms with Gasteiger partial charge < -0.3 is 10.1 Å². The molecule has 6 nitrogen and oxygen atoms in total. The first-order chi connectivity index (χ1) is 7.83. The molecular formula is C10H18N2O4S. The van der Waals surface area contributed by atoms with E-state index < -0.39 is 15.6 Å². The number of nitrogens with one attached hydrogen (secondary N) is 1. The summed E-state index contributed by atoms with van der Waals surface area (Å²) in [5.74, 6) is -0.103.